The zero-order valence-corrected chi connectivity index (χ0v) is 8.35. The van der Waals surface area contributed by atoms with Crippen molar-refractivity contribution < 1.29 is 9.53 Å². The monoisotopic (exact) mass is 188 g/mol. The highest BCUT2D eigenvalue weighted by Crippen LogP contribution is 2.26. The van der Waals surface area contributed by atoms with E-state index in [4.69, 9.17) is 4.74 Å². The van der Waals surface area contributed by atoms with Gasteiger partial charge in [-0.15, -0.1) is 0 Å². The standard InChI is InChI=1S/C9H16O2S/c1-7-4-2-3-5-8(7)11-9(10)6-12/h7-8,12H,2-6H2,1H3. The Morgan fingerprint density at radius 1 is 1.50 bits per heavy atom. The van der Waals surface area contributed by atoms with Gasteiger partial charge in [0.1, 0.15) is 6.10 Å². The van der Waals surface area contributed by atoms with Crippen molar-refractivity contribution >= 4 is 18.6 Å². The van der Waals surface area contributed by atoms with Gasteiger partial charge in [0.15, 0.2) is 0 Å². The molecule has 12 heavy (non-hydrogen) atoms. The summed E-state index contributed by atoms with van der Waals surface area (Å²) in [7, 11) is 0. The minimum Gasteiger partial charge on any atom is -0.461 e. The number of esters is 1. The highest BCUT2D eigenvalue weighted by Gasteiger charge is 2.23. The summed E-state index contributed by atoms with van der Waals surface area (Å²) in [6.45, 7) is 2.15. The Morgan fingerprint density at radius 2 is 2.17 bits per heavy atom. The molecular formula is C9H16O2S. The zero-order valence-electron chi connectivity index (χ0n) is 7.45. The molecule has 2 unspecified atom stereocenters. The summed E-state index contributed by atoms with van der Waals surface area (Å²) in [5, 5.41) is 0. The lowest BCUT2D eigenvalue weighted by molar-refractivity contribution is -0.149. The van der Waals surface area contributed by atoms with Gasteiger partial charge in [0.2, 0.25) is 0 Å². The van der Waals surface area contributed by atoms with Crippen LogP contribution in [0.4, 0.5) is 0 Å². The van der Waals surface area contributed by atoms with Crippen LogP contribution in [0.1, 0.15) is 32.6 Å². The van der Waals surface area contributed by atoms with Gasteiger partial charge >= 0.3 is 5.97 Å². The summed E-state index contributed by atoms with van der Waals surface area (Å²) >= 11 is 3.87. The van der Waals surface area contributed by atoms with E-state index in [1.807, 2.05) is 0 Å². The van der Waals surface area contributed by atoms with Crippen molar-refractivity contribution in [3.8, 4) is 0 Å². The first-order valence-electron chi connectivity index (χ1n) is 4.54. The fourth-order valence-corrected chi connectivity index (χ4v) is 1.74. The third kappa shape index (κ3) is 2.70. The summed E-state index contributed by atoms with van der Waals surface area (Å²) < 4.78 is 5.24. The molecule has 3 heteroatoms. The van der Waals surface area contributed by atoms with Gasteiger partial charge in [0.05, 0.1) is 5.75 Å². The van der Waals surface area contributed by atoms with Crippen molar-refractivity contribution in [2.75, 3.05) is 5.75 Å². The maximum absolute atomic E-state index is 10.9. The van der Waals surface area contributed by atoms with Gasteiger partial charge in [-0.25, -0.2) is 0 Å². The van der Waals surface area contributed by atoms with Crippen molar-refractivity contribution in [2.45, 2.75) is 38.7 Å². The van der Waals surface area contributed by atoms with Crippen molar-refractivity contribution in [1.29, 1.82) is 0 Å². The number of thiol groups is 1. The summed E-state index contributed by atoms with van der Waals surface area (Å²) in [5.41, 5.74) is 0. The minimum absolute atomic E-state index is 0.151. The van der Waals surface area contributed by atoms with E-state index in [0.29, 0.717) is 5.92 Å². The summed E-state index contributed by atoms with van der Waals surface area (Å²) in [6.07, 6.45) is 4.83. The third-order valence-corrected chi connectivity index (χ3v) is 2.70. The van der Waals surface area contributed by atoms with E-state index in [9.17, 15) is 4.79 Å². The van der Waals surface area contributed by atoms with Crippen LogP contribution in [0.25, 0.3) is 0 Å². The Labute approximate surface area is 79.1 Å². The highest BCUT2D eigenvalue weighted by molar-refractivity contribution is 7.81. The Morgan fingerprint density at radius 3 is 2.75 bits per heavy atom. The van der Waals surface area contributed by atoms with E-state index in [-0.39, 0.29) is 17.8 Å². The molecule has 0 amide bonds. The average Bonchev–Trinajstić information content (AvgIpc) is 2.09. The molecule has 1 fully saturated rings. The summed E-state index contributed by atoms with van der Waals surface area (Å²) in [6, 6.07) is 0. The van der Waals surface area contributed by atoms with Crippen LogP contribution in [0, 0.1) is 5.92 Å². The lowest BCUT2D eigenvalue weighted by Gasteiger charge is -2.28. The molecule has 0 aromatic carbocycles. The smallest absolute Gasteiger partial charge is 0.315 e. The molecule has 0 radical (unpaired) electrons. The largest absolute Gasteiger partial charge is 0.461 e. The first-order chi connectivity index (χ1) is 5.74. The molecule has 0 aromatic rings. The Hall–Kier alpha value is -0.180. The van der Waals surface area contributed by atoms with E-state index >= 15 is 0 Å². The fourth-order valence-electron chi connectivity index (χ4n) is 1.66. The van der Waals surface area contributed by atoms with Gasteiger partial charge in [-0.05, 0) is 25.2 Å². The van der Waals surface area contributed by atoms with Crippen LogP contribution in [-0.2, 0) is 9.53 Å². The molecule has 0 N–H and O–H groups in total. The number of hydrogen-bond donors (Lipinski definition) is 1. The normalized spacial score (nSPS) is 29.8. The predicted octanol–water partition coefficient (Wildman–Crippen LogP) is 2.04. The van der Waals surface area contributed by atoms with Crippen LogP contribution in [0.3, 0.4) is 0 Å². The van der Waals surface area contributed by atoms with E-state index in [1.54, 1.807) is 0 Å². The SMILES string of the molecule is CC1CCCCC1OC(=O)CS. The van der Waals surface area contributed by atoms with Crippen LogP contribution < -0.4 is 0 Å². The van der Waals surface area contributed by atoms with Crippen LogP contribution in [0.2, 0.25) is 0 Å². The molecule has 2 nitrogen and oxygen atoms in total. The molecule has 1 saturated carbocycles. The minimum atomic E-state index is -0.183. The second-order valence-corrected chi connectivity index (χ2v) is 3.76. The number of carbonyl (C=O) groups is 1. The molecule has 70 valence electrons. The maximum atomic E-state index is 10.9. The molecule has 0 heterocycles. The molecule has 0 bridgehead atoms. The van der Waals surface area contributed by atoms with Gasteiger partial charge < -0.3 is 4.74 Å². The molecule has 1 rings (SSSR count). The fraction of sp³-hybridized carbons (Fsp3) is 0.889. The first kappa shape index (κ1) is 9.90. The van der Waals surface area contributed by atoms with E-state index < -0.39 is 0 Å². The predicted molar refractivity (Wildman–Crippen MR) is 51.4 cm³/mol. The molecule has 0 spiro atoms. The molecule has 0 aromatic heterocycles. The van der Waals surface area contributed by atoms with Crippen molar-refractivity contribution in [3.63, 3.8) is 0 Å². The van der Waals surface area contributed by atoms with Crippen LogP contribution >= 0.6 is 12.6 Å². The highest BCUT2D eigenvalue weighted by atomic mass is 32.1. The van der Waals surface area contributed by atoms with E-state index in [2.05, 4.69) is 19.6 Å². The van der Waals surface area contributed by atoms with Gasteiger partial charge in [0, 0.05) is 0 Å². The number of hydrogen-bond acceptors (Lipinski definition) is 3. The van der Waals surface area contributed by atoms with Crippen molar-refractivity contribution in [3.05, 3.63) is 0 Å². The third-order valence-electron chi connectivity index (χ3n) is 2.44. The second kappa shape index (κ2) is 4.75. The van der Waals surface area contributed by atoms with E-state index in [0.717, 1.165) is 6.42 Å². The first-order valence-corrected chi connectivity index (χ1v) is 5.17. The Bertz CT molecular complexity index is 159. The van der Waals surface area contributed by atoms with Gasteiger partial charge in [-0.2, -0.15) is 12.6 Å². The average molecular weight is 188 g/mol. The van der Waals surface area contributed by atoms with Crippen LogP contribution in [0.15, 0.2) is 0 Å². The Kier molecular flexibility index (Phi) is 3.92. The second-order valence-electron chi connectivity index (χ2n) is 3.45. The lowest BCUT2D eigenvalue weighted by atomic mass is 9.88. The lowest BCUT2D eigenvalue weighted by Crippen LogP contribution is -2.28. The summed E-state index contributed by atoms with van der Waals surface area (Å²) in [5.74, 6) is 0.545. The van der Waals surface area contributed by atoms with Gasteiger partial charge in [-0.1, -0.05) is 13.3 Å². The van der Waals surface area contributed by atoms with Crippen LogP contribution in [-0.4, -0.2) is 17.8 Å². The zero-order chi connectivity index (χ0) is 8.97. The molecule has 2 atom stereocenters. The topological polar surface area (TPSA) is 26.3 Å². The number of carbonyl (C=O) groups excluding carboxylic acids is 1. The maximum Gasteiger partial charge on any atom is 0.315 e. The van der Waals surface area contributed by atoms with Crippen molar-refractivity contribution in [2.24, 2.45) is 5.92 Å². The molecule has 0 aliphatic heterocycles. The van der Waals surface area contributed by atoms with Gasteiger partial charge in [0.25, 0.3) is 0 Å². The summed E-state index contributed by atoms with van der Waals surface area (Å²) in [4.78, 5) is 10.9. The quantitative estimate of drug-likeness (QED) is 0.530. The van der Waals surface area contributed by atoms with Gasteiger partial charge in [-0.3, -0.25) is 4.79 Å². The van der Waals surface area contributed by atoms with Crippen LogP contribution in [0.5, 0.6) is 0 Å². The molecule has 0 saturated heterocycles. The number of ether oxygens (including phenoxy) is 1. The number of rotatable bonds is 2. The molecule has 1 aliphatic rings. The van der Waals surface area contributed by atoms with Crippen molar-refractivity contribution in [1.82, 2.24) is 0 Å². The molecular weight excluding hydrogens is 172 g/mol. The molecule has 1 aliphatic carbocycles. The Balaban J connectivity index is 2.33. The van der Waals surface area contributed by atoms with E-state index in [1.165, 1.54) is 19.3 Å².